The first-order valence-corrected chi connectivity index (χ1v) is 8.88. The van der Waals surface area contributed by atoms with Gasteiger partial charge in [-0.3, -0.25) is 5.41 Å². The molecule has 26 heavy (non-hydrogen) atoms. The van der Waals surface area contributed by atoms with Crippen LogP contribution in [0, 0.1) is 5.41 Å². The Hall–Kier alpha value is -3.08. The predicted molar refractivity (Wildman–Crippen MR) is 98.6 cm³/mol. The number of ether oxygens (including phenoxy) is 1. The maximum Gasteiger partial charge on any atom is 0.228 e. The summed E-state index contributed by atoms with van der Waals surface area (Å²) in [5.74, 6) is 1.03. The maximum absolute atomic E-state index is 9.85. The van der Waals surface area contributed by atoms with Gasteiger partial charge in [-0.1, -0.05) is 49.7 Å². The van der Waals surface area contributed by atoms with Crippen molar-refractivity contribution in [1.29, 1.82) is 5.41 Å². The predicted octanol–water partition coefficient (Wildman–Crippen LogP) is 4.15. The van der Waals surface area contributed by atoms with Crippen LogP contribution in [0.4, 0.5) is 0 Å². The highest BCUT2D eigenvalue weighted by Crippen LogP contribution is 2.45. The molecular weight excluding hydrogens is 326 g/mol. The van der Waals surface area contributed by atoms with Gasteiger partial charge >= 0.3 is 0 Å². The van der Waals surface area contributed by atoms with Crippen molar-refractivity contribution in [1.82, 2.24) is 9.55 Å². The average molecular weight is 347 g/mol. The molecule has 0 fully saturated rings. The number of nitrogens with zero attached hydrogens (tertiary/aromatic N) is 2. The molecule has 1 aliphatic rings. The second kappa shape index (κ2) is 6.67. The molecule has 1 atom stereocenters. The maximum atomic E-state index is 9.85. The molecule has 0 bridgehead atoms. The molecule has 2 N–H and O–H groups in total. The summed E-state index contributed by atoms with van der Waals surface area (Å²) in [5, 5.41) is 18.6. The smallest absolute Gasteiger partial charge is 0.228 e. The van der Waals surface area contributed by atoms with Gasteiger partial charge in [-0.05, 0) is 18.1 Å². The van der Waals surface area contributed by atoms with Crippen LogP contribution in [0.25, 0.3) is 0 Å². The zero-order valence-corrected chi connectivity index (χ0v) is 14.6. The number of phenols is 1. The molecule has 0 saturated heterocycles. The van der Waals surface area contributed by atoms with E-state index in [4.69, 9.17) is 10.1 Å². The van der Waals surface area contributed by atoms with E-state index in [9.17, 15) is 5.11 Å². The van der Waals surface area contributed by atoms with E-state index in [1.165, 1.54) is 0 Å². The zero-order chi connectivity index (χ0) is 18.1. The Morgan fingerprint density at radius 1 is 1.19 bits per heavy atom. The van der Waals surface area contributed by atoms with Gasteiger partial charge in [0.2, 0.25) is 5.88 Å². The Morgan fingerprint density at radius 3 is 2.77 bits per heavy atom. The summed E-state index contributed by atoms with van der Waals surface area (Å²) in [6, 6.07) is 15.2. The fourth-order valence-electron chi connectivity index (χ4n) is 3.45. The molecule has 4 rings (SSSR count). The van der Waals surface area contributed by atoms with Crippen molar-refractivity contribution in [3.63, 3.8) is 0 Å². The molecule has 3 aromatic rings. The quantitative estimate of drug-likeness (QED) is 0.582. The van der Waals surface area contributed by atoms with Crippen molar-refractivity contribution in [3.8, 4) is 17.4 Å². The Labute approximate surface area is 152 Å². The molecular formula is C21H21N3O2. The number of nitrogens with one attached hydrogen (secondary N) is 1. The highest BCUT2D eigenvalue weighted by molar-refractivity contribution is 5.57. The lowest BCUT2D eigenvalue weighted by molar-refractivity contribution is 0.412. The summed E-state index contributed by atoms with van der Waals surface area (Å²) in [7, 11) is 0. The van der Waals surface area contributed by atoms with Crippen molar-refractivity contribution < 1.29 is 9.84 Å². The molecule has 2 heterocycles. The molecule has 0 radical (unpaired) electrons. The van der Waals surface area contributed by atoms with E-state index in [0.717, 1.165) is 36.1 Å². The van der Waals surface area contributed by atoms with Crippen molar-refractivity contribution in [2.45, 2.75) is 32.2 Å². The summed E-state index contributed by atoms with van der Waals surface area (Å²) in [4.78, 5) is 4.48. The molecule has 1 aromatic heterocycles. The number of fused-ring (bicyclic) bond motifs is 2. The second-order valence-electron chi connectivity index (χ2n) is 6.53. The number of hydrogen-bond donors (Lipinski definition) is 2. The van der Waals surface area contributed by atoms with Gasteiger partial charge < -0.3 is 14.4 Å². The Bertz CT molecular complexity index is 996. The summed E-state index contributed by atoms with van der Waals surface area (Å²) in [5.41, 5.74) is 3.21. The van der Waals surface area contributed by atoms with Gasteiger partial charge in [0.25, 0.3) is 0 Å². The number of aryl methyl sites for hydroxylation is 1. The standard InChI is InChI=1S/C21H21N3O2/c1-2-3-11-24-13-23-21-19(20(24)22)18(14-7-5-4-6-8-14)16-10-9-15(25)12-17(16)26-21/h4-10,12-13,18,22,25H,2-3,11H2,1H3/t18-/m0/s1. The highest BCUT2D eigenvalue weighted by atomic mass is 16.5. The summed E-state index contributed by atoms with van der Waals surface area (Å²) < 4.78 is 7.83. The fourth-order valence-corrected chi connectivity index (χ4v) is 3.45. The minimum atomic E-state index is -0.148. The van der Waals surface area contributed by atoms with Gasteiger partial charge in [0.15, 0.2) is 0 Å². The van der Waals surface area contributed by atoms with E-state index in [1.807, 2.05) is 28.8 Å². The van der Waals surface area contributed by atoms with Crippen LogP contribution in [0.3, 0.4) is 0 Å². The molecule has 2 aromatic carbocycles. The van der Waals surface area contributed by atoms with Gasteiger partial charge in [-0.2, -0.15) is 0 Å². The van der Waals surface area contributed by atoms with E-state index in [2.05, 4.69) is 24.0 Å². The van der Waals surface area contributed by atoms with E-state index in [1.54, 1.807) is 18.5 Å². The molecule has 132 valence electrons. The van der Waals surface area contributed by atoms with Crippen molar-refractivity contribution in [3.05, 3.63) is 77.0 Å². The first-order valence-electron chi connectivity index (χ1n) is 8.88. The van der Waals surface area contributed by atoms with Crippen molar-refractivity contribution in [2.24, 2.45) is 0 Å². The zero-order valence-electron chi connectivity index (χ0n) is 14.6. The molecule has 5 heteroatoms. The lowest BCUT2D eigenvalue weighted by Gasteiger charge is -2.28. The molecule has 0 amide bonds. The SMILES string of the molecule is CCCCn1cnc2c(c1=N)[C@@H](c1ccccc1)c1ccc(O)cc1O2. The van der Waals surface area contributed by atoms with Gasteiger partial charge in [-0.25, -0.2) is 4.98 Å². The van der Waals surface area contributed by atoms with Gasteiger partial charge in [0.1, 0.15) is 23.3 Å². The molecule has 0 spiro atoms. The van der Waals surface area contributed by atoms with Crippen LogP contribution in [-0.4, -0.2) is 14.7 Å². The van der Waals surface area contributed by atoms with Gasteiger partial charge in [0, 0.05) is 24.1 Å². The van der Waals surface area contributed by atoms with E-state index in [-0.39, 0.29) is 11.7 Å². The third-order valence-electron chi connectivity index (χ3n) is 4.78. The first kappa shape index (κ1) is 16.4. The van der Waals surface area contributed by atoms with Crippen LogP contribution >= 0.6 is 0 Å². The Kier molecular flexibility index (Phi) is 4.21. The fraction of sp³-hybridized carbons (Fsp3) is 0.238. The minimum Gasteiger partial charge on any atom is -0.508 e. The van der Waals surface area contributed by atoms with Crippen LogP contribution in [0.2, 0.25) is 0 Å². The highest BCUT2D eigenvalue weighted by Gasteiger charge is 2.32. The third kappa shape index (κ3) is 2.75. The molecule has 0 unspecified atom stereocenters. The number of benzene rings is 2. The third-order valence-corrected chi connectivity index (χ3v) is 4.78. The lowest BCUT2D eigenvalue weighted by atomic mass is 9.84. The van der Waals surface area contributed by atoms with E-state index in [0.29, 0.717) is 17.1 Å². The number of unbranched alkanes of at least 4 members (excludes halogenated alkanes) is 1. The van der Waals surface area contributed by atoms with Crippen LogP contribution in [0.15, 0.2) is 54.9 Å². The van der Waals surface area contributed by atoms with Crippen molar-refractivity contribution >= 4 is 0 Å². The normalized spacial score (nSPS) is 15.0. The minimum absolute atomic E-state index is 0.148. The first-order chi connectivity index (χ1) is 12.7. The molecule has 1 aliphatic heterocycles. The molecule has 0 aliphatic carbocycles. The van der Waals surface area contributed by atoms with Crippen LogP contribution in [-0.2, 0) is 6.54 Å². The number of rotatable bonds is 4. The molecule has 5 nitrogen and oxygen atoms in total. The lowest BCUT2D eigenvalue weighted by Crippen LogP contribution is -2.29. The van der Waals surface area contributed by atoms with Crippen LogP contribution in [0.5, 0.6) is 17.4 Å². The average Bonchev–Trinajstić information content (AvgIpc) is 2.66. The van der Waals surface area contributed by atoms with E-state index < -0.39 is 0 Å². The topological polar surface area (TPSA) is 71.1 Å². The van der Waals surface area contributed by atoms with Crippen molar-refractivity contribution in [2.75, 3.05) is 0 Å². The Morgan fingerprint density at radius 2 is 2.00 bits per heavy atom. The number of hydrogen-bond acceptors (Lipinski definition) is 4. The number of phenolic OH excluding ortho intramolecular Hbond substituents is 1. The summed E-state index contributed by atoms with van der Waals surface area (Å²) >= 11 is 0. The largest absolute Gasteiger partial charge is 0.508 e. The van der Waals surface area contributed by atoms with E-state index >= 15 is 0 Å². The summed E-state index contributed by atoms with van der Waals surface area (Å²) in [6.07, 6.45) is 3.73. The number of aromatic hydroxyl groups is 1. The van der Waals surface area contributed by atoms with Crippen LogP contribution in [0.1, 0.15) is 42.4 Å². The Balaban J connectivity index is 1.94. The van der Waals surface area contributed by atoms with Gasteiger partial charge in [-0.15, -0.1) is 0 Å². The van der Waals surface area contributed by atoms with Crippen LogP contribution < -0.4 is 10.2 Å². The monoisotopic (exact) mass is 347 g/mol. The number of aromatic nitrogens is 2. The molecule has 0 saturated carbocycles. The summed E-state index contributed by atoms with van der Waals surface area (Å²) in [6.45, 7) is 2.90. The second-order valence-corrected chi connectivity index (χ2v) is 6.53. The van der Waals surface area contributed by atoms with Gasteiger partial charge in [0.05, 0.1) is 5.56 Å².